The van der Waals surface area contributed by atoms with Crippen LogP contribution in [0.5, 0.6) is 5.75 Å². The van der Waals surface area contributed by atoms with Gasteiger partial charge >= 0.3 is 0 Å². The van der Waals surface area contributed by atoms with Gasteiger partial charge in [0.15, 0.2) is 0 Å². The molecule has 1 aliphatic rings. The third kappa shape index (κ3) is 5.29. The van der Waals surface area contributed by atoms with Crippen molar-refractivity contribution >= 4 is 23.6 Å². The number of aromatic nitrogens is 1. The molecule has 0 radical (unpaired) electrons. The molecule has 0 spiro atoms. The number of thioether (sulfide) groups is 1. The second kappa shape index (κ2) is 9.78. The molecule has 1 saturated heterocycles. The number of hydrogen-bond acceptors (Lipinski definition) is 5. The average Bonchev–Trinajstić information content (AvgIpc) is 3.15. The molecule has 0 saturated carbocycles. The van der Waals surface area contributed by atoms with Gasteiger partial charge < -0.3 is 15.0 Å². The molecule has 0 bridgehead atoms. The predicted octanol–water partition coefficient (Wildman–Crippen LogP) is 3.34. The summed E-state index contributed by atoms with van der Waals surface area (Å²) in [5.41, 5.74) is 1.54. The van der Waals surface area contributed by atoms with Crippen molar-refractivity contribution in [3.63, 3.8) is 0 Å². The molecule has 2 unspecified atom stereocenters. The highest BCUT2D eigenvalue weighted by atomic mass is 32.2. The molecule has 1 aliphatic heterocycles. The number of amides is 2. The van der Waals surface area contributed by atoms with Gasteiger partial charge in [-0.2, -0.15) is 0 Å². The predicted molar refractivity (Wildman–Crippen MR) is 115 cm³/mol. The standard InChI is InChI=1S/C22H27N3O3S/c1-15(2)12-20-25(22(27)17-4-6-18(28-3)7-5-17)19(14-29-20)21(26)24-13-16-8-10-23-11-9-16/h4-11,15,19-20H,12-14H2,1-3H3,(H,24,26). The Morgan fingerprint density at radius 3 is 2.52 bits per heavy atom. The number of nitrogens with zero attached hydrogens (tertiary/aromatic N) is 2. The van der Waals surface area contributed by atoms with E-state index in [0.717, 1.165) is 12.0 Å². The molecule has 1 aromatic heterocycles. The maximum absolute atomic E-state index is 13.3. The fraction of sp³-hybridized carbons (Fsp3) is 0.409. The topological polar surface area (TPSA) is 71.5 Å². The van der Waals surface area contributed by atoms with Gasteiger partial charge in [0.2, 0.25) is 5.91 Å². The largest absolute Gasteiger partial charge is 0.497 e. The van der Waals surface area contributed by atoms with Gasteiger partial charge in [0.1, 0.15) is 11.8 Å². The number of methoxy groups -OCH3 is 1. The number of rotatable bonds is 7. The van der Waals surface area contributed by atoms with E-state index >= 15 is 0 Å². The molecule has 0 aliphatic carbocycles. The quantitative estimate of drug-likeness (QED) is 0.754. The van der Waals surface area contributed by atoms with Crippen molar-refractivity contribution in [2.75, 3.05) is 12.9 Å². The van der Waals surface area contributed by atoms with Crippen molar-refractivity contribution in [1.29, 1.82) is 0 Å². The third-order valence-corrected chi connectivity index (χ3v) is 6.17. The summed E-state index contributed by atoms with van der Waals surface area (Å²) in [4.78, 5) is 32.0. The highest BCUT2D eigenvalue weighted by Crippen LogP contribution is 2.35. The Kier molecular flexibility index (Phi) is 7.14. The van der Waals surface area contributed by atoms with E-state index < -0.39 is 6.04 Å². The molecule has 1 N–H and O–H groups in total. The van der Waals surface area contributed by atoms with E-state index in [9.17, 15) is 9.59 Å². The van der Waals surface area contributed by atoms with Crippen LogP contribution < -0.4 is 10.1 Å². The average molecular weight is 414 g/mol. The lowest BCUT2D eigenvalue weighted by Crippen LogP contribution is -2.49. The number of nitrogens with one attached hydrogen (secondary N) is 1. The van der Waals surface area contributed by atoms with Gasteiger partial charge in [-0.05, 0) is 54.3 Å². The molecular weight excluding hydrogens is 386 g/mol. The Morgan fingerprint density at radius 1 is 1.21 bits per heavy atom. The molecule has 1 aromatic carbocycles. The summed E-state index contributed by atoms with van der Waals surface area (Å²) in [6.45, 7) is 4.68. The van der Waals surface area contributed by atoms with E-state index in [2.05, 4.69) is 24.1 Å². The summed E-state index contributed by atoms with van der Waals surface area (Å²) >= 11 is 1.68. The number of benzene rings is 1. The zero-order valence-electron chi connectivity index (χ0n) is 17.0. The van der Waals surface area contributed by atoms with E-state index in [1.807, 2.05) is 12.1 Å². The molecule has 2 amide bonds. The van der Waals surface area contributed by atoms with Crippen LogP contribution in [0.4, 0.5) is 0 Å². The molecule has 2 aromatic rings. The van der Waals surface area contributed by atoms with Gasteiger partial charge in [-0.15, -0.1) is 11.8 Å². The lowest BCUT2D eigenvalue weighted by molar-refractivity contribution is -0.125. The minimum Gasteiger partial charge on any atom is -0.497 e. The van der Waals surface area contributed by atoms with Crippen LogP contribution in [-0.2, 0) is 11.3 Å². The first-order chi connectivity index (χ1) is 14.0. The van der Waals surface area contributed by atoms with Gasteiger partial charge in [0, 0.05) is 30.3 Å². The summed E-state index contributed by atoms with van der Waals surface area (Å²) in [6, 6.07) is 10.3. The van der Waals surface area contributed by atoms with E-state index in [0.29, 0.717) is 29.5 Å². The molecule has 29 heavy (non-hydrogen) atoms. The second-order valence-corrected chi connectivity index (χ2v) is 8.66. The Hall–Kier alpha value is -2.54. The van der Waals surface area contributed by atoms with E-state index in [1.165, 1.54) is 0 Å². The monoisotopic (exact) mass is 413 g/mol. The lowest BCUT2D eigenvalue weighted by Gasteiger charge is -2.30. The van der Waals surface area contributed by atoms with Gasteiger partial charge in [-0.3, -0.25) is 14.6 Å². The fourth-order valence-corrected chi connectivity index (χ4v) is 4.95. The highest BCUT2D eigenvalue weighted by molar-refractivity contribution is 8.00. The van der Waals surface area contributed by atoms with E-state index in [-0.39, 0.29) is 17.2 Å². The smallest absolute Gasteiger partial charge is 0.255 e. The summed E-state index contributed by atoms with van der Waals surface area (Å²) in [6.07, 6.45) is 4.25. The zero-order valence-corrected chi connectivity index (χ0v) is 17.8. The molecule has 2 atom stereocenters. The van der Waals surface area contributed by atoms with Gasteiger partial charge in [0.25, 0.3) is 5.91 Å². The number of carbonyl (C=O) groups is 2. The Bertz CT molecular complexity index is 827. The van der Waals surface area contributed by atoms with Crippen molar-refractivity contribution in [1.82, 2.24) is 15.2 Å². The number of pyridine rings is 1. The maximum Gasteiger partial charge on any atom is 0.255 e. The van der Waals surface area contributed by atoms with Crippen molar-refractivity contribution < 1.29 is 14.3 Å². The second-order valence-electron chi connectivity index (χ2n) is 7.45. The Labute approximate surface area is 176 Å². The number of ether oxygens (including phenoxy) is 1. The highest BCUT2D eigenvalue weighted by Gasteiger charge is 2.41. The summed E-state index contributed by atoms with van der Waals surface area (Å²) in [7, 11) is 1.59. The Morgan fingerprint density at radius 2 is 1.90 bits per heavy atom. The van der Waals surface area contributed by atoms with Crippen LogP contribution in [-0.4, -0.2) is 46.0 Å². The van der Waals surface area contributed by atoms with Gasteiger partial charge in [-0.25, -0.2) is 0 Å². The Balaban J connectivity index is 1.76. The van der Waals surface area contributed by atoms with Crippen molar-refractivity contribution in [3.8, 4) is 5.75 Å². The normalized spacial score (nSPS) is 18.7. The van der Waals surface area contributed by atoms with E-state index in [4.69, 9.17) is 4.74 Å². The first-order valence-electron chi connectivity index (χ1n) is 9.74. The first kappa shape index (κ1) is 21.2. The van der Waals surface area contributed by atoms with Crippen molar-refractivity contribution in [2.24, 2.45) is 5.92 Å². The number of carbonyl (C=O) groups excluding carboxylic acids is 2. The molecule has 7 heteroatoms. The minimum absolute atomic E-state index is 0.0127. The van der Waals surface area contributed by atoms with Crippen molar-refractivity contribution in [2.45, 2.75) is 38.2 Å². The minimum atomic E-state index is -0.486. The maximum atomic E-state index is 13.3. The molecule has 6 nitrogen and oxygen atoms in total. The van der Waals surface area contributed by atoms with Crippen LogP contribution >= 0.6 is 11.8 Å². The molecule has 1 fully saturated rings. The summed E-state index contributed by atoms with van der Waals surface area (Å²) in [5.74, 6) is 1.48. The van der Waals surface area contributed by atoms with Crippen LogP contribution in [0.25, 0.3) is 0 Å². The van der Waals surface area contributed by atoms with Crippen LogP contribution in [0.2, 0.25) is 0 Å². The lowest BCUT2D eigenvalue weighted by atomic mass is 10.1. The van der Waals surface area contributed by atoms with Crippen LogP contribution in [0, 0.1) is 5.92 Å². The molecule has 2 heterocycles. The van der Waals surface area contributed by atoms with Gasteiger partial charge in [-0.1, -0.05) is 13.8 Å². The zero-order chi connectivity index (χ0) is 20.8. The summed E-state index contributed by atoms with van der Waals surface area (Å²) < 4.78 is 5.18. The third-order valence-electron chi connectivity index (χ3n) is 4.86. The molecule has 154 valence electrons. The number of hydrogen-bond donors (Lipinski definition) is 1. The summed E-state index contributed by atoms with van der Waals surface area (Å²) in [5, 5.41) is 2.96. The van der Waals surface area contributed by atoms with Crippen LogP contribution in [0.15, 0.2) is 48.8 Å². The van der Waals surface area contributed by atoms with Crippen LogP contribution in [0.3, 0.4) is 0 Å². The van der Waals surface area contributed by atoms with Crippen LogP contribution in [0.1, 0.15) is 36.2 Å². The van der Waals surface area contributed by atoms with E-state index in [1.54, 1.807) is 60.4 Å². The molecule has 3 rings (SSSR count). The SMILES string of the molecule is COc1ccc(C(=O)N2C(CC(C)C)SCC2C(=O)NCc2ccncc2)cc1. The molecular formula is C22H27N3O3S. The fourth-order valence-electron chi connectivity index (χ4n) is 3.31. The van der Waals surface area contributed by atoms with Crippen molar-refractivity contribution in [3.05, 3.63) is 59.9 Å². The first-order valence-corrected chi connectivity index (χ1v) is 10.8. The van der Waals surface area contributed by atoms with Gasteiger partial charge in [0.05, 0.1) is 12.5 Å².